The van der Waals surface area contributed by atoms with E-state index < -0.39 is 6.86 Å². The van der Waals surface area contributed by atoms with Crippen molar-refractivity contribution < 1.29 is 0 Å². The second kappa shape index (κ2) is 2.92. The first-order valence-electron chi connectivity index (χ1n) is 2.23. The largest absolute Gasteiger partial charge is 0.327 e. The fraction of sp³-hybridized carbons (Fsp3) is 1.00. The van der Waals surface area contributed by atoms with E-state index >= 15 is 0 Å². The average molecular weight is 158 g/mol. The summed E-state index contributed by atoms with van der Waals surface area (Å²) in [5, 5.41) is 5.32. The van der Waals surface area contributed by atoms with Crippen molar-refractivity contribution in [3.63, 3.8) is 0 Å². The van der Waals surface area contributed by atoms with E-state index in [1.165, 1.54) is 0 Å². The molecule has 4 heteroatoms. The van der Waals surface area contributed by atoms with Crippen LogP contribution in [-0.2, 0) is 0 Å². The number of hydrogen-bond donors (Lipinski definition) is 1. The number of nitrogens with two attached hydrogens (primary N) is 1. The Kier molecular flexibility index (Phi) is 3.24. The molecule has 0 unspecified atom stereocenters. The Hall–Kier alpha value is 0.757. The van der Waals surface area contributed by atoms with Crippen molar-refractivity contribution in [3.8, 4) is 0 Å². The molecule has 0 aliphatic rings. The van der Waals surface area contributed by atoms with E-state index in [-0.39, 0.29) is 0 Å². The molecule has 0 amide bonds. The van der Waals surface area contributed by atoms with Crippen molar-refractivity contribution in [1.82, 2.24) is 0 Å². The average Bonchev–Trinajstić information content (AvgIpc) is 1.30. The second-order valence-electron chi connectivity index (χ2n) is 1.51. The molecule has 0 aromatic carbocycles. The molecule has 0 saturated carbocycles. The Bertz CT molecular complexity index is 51.4. The molecule has 0 bridgehead atoms. The summed E-state index contributed by atoms with van der Waals surface area (Å²) in [7, 11) is 0. The van der Waals surface area contributed by atoms with Crippen LogP contribution in [0.4, 0.5) is 0 Å². The standard InChI is InChI=1S/C3H9Cl2NSi/c1-2-3-7(4,5)6/h2-3,6H2,1H3. The molecule has 0 fully saturated rings. The van der Waals surface area contributed by atoms with Crippen LogP contribution in [0.1, 0.15) is 13.3 Å². The maximum atomic E-state index is 5.52. The van der Waals surface area contributed by atoms with Crippen LogP contribution in [0.2, 0.25) is 6.04 Å². The third-order valence-electron chi connectivity index (χ3n) is 0.583. The van der Waals surface area contributed by atoms with E-state index in [2.05, 4.69) is 0 Å². The quantitative estimate of drug-likeness (QED) is 0.481. The van der Waals surface area contributed by atoms with E-state index in [1.54, 1.807) is 0 Å². The lowest BCUT2D eigenvalue weighted by Crippen LogP contribution is -2.31. The van der Waals surface area contributed by atoms with Gasteiger partial charge in [0, 0.05) is 0 Å². The van der Waals surface area contributed by atoms with Gasteiger partial charge in [0.2, 0.25) is 0 Å². The highest BCUT2D eigenvalue weighted by Gasteiger charge is 2.19. The van der Waals surface area contributed by atoms with Crippen molar-refractivity contribution in [1.29, 1.82) is 0 Å². The van der Waals surface area contributed by atoms with E-state index in [9.17, 15) is 0 Å². The summed E-state index contributed by atoms with van der Waals surface area (Å²) in [6.07, 6.45) is 0.982. The molecule has 0 heterocycles. The molecular formula is C3H9Cl2NSi. The molecule has 0 rings (SSSR count). The predicted molar refractivity (Wildman–Crippen MR) is 36.7 cm³/mol. The van der Waals surface area contributed by atoms with Gasteiger partial charge in [0.15, 0.2) is 0 Å². The normalized spacial score (nSPS) is 12.0. The van der Waals surface area contributed by atoms with Crippen molar-refractivity contribution in [2.24, 2.45) is 5.40 Å². The zero-order chi connectivity index (χ0) is 5.91. The second-order valence-corrected chi connectivity index (χ2v) is 8.16. The van der Waals surface area contributed by atoms with Crippen LogP contribution in [0, 0.1) is 0 Å². The molecule has 7 heavy (non-hydrogen) atoms. The molecule has 0 atom stereocenters. The van der Waals surface area contributed by atoms with Gasteiger partial charge in [0.25, 0.3) is 0 Å². The van der Waals surface area contributed by atoms with Crippen LogP contribution in [0.15, 0.2) is 0 Å². The smallest absolute Gasteiger partial charge is 0.319 e. The molecule has 0 aromatic rings. The van der Waals surface area contributed by atoms with Gasteiger partial charge in [0.05, 0.1) is 0 Å². The van der Waals surface area contributed by atoms with Crippen molar-refractivity contribution >= 4 is 29.0 Å². The van der Waals surface area contributed by atoms with Gasteiger partial charge in [0.1, 0.15) is 0 Å². The lowest BCUT2D eigenvalue weighted by molar-refractivity contribution is 1.06. The molecule has 0 spiro atoms. The molecular weight excluding hydrogens is 149 g/mol. The number of halogens is 2. The molecule has 0 aliphatic carbocycles. The topological polar surface area (TPSA) is 26.0 Å². The van der Waals surface area contributed by atoms with Gasteiger partial charge >= 0.3 is 6.86 Å². The summed E-state index contributed by atoms with van der Waals surface area (Å²) in [5.41, 5.74) is 0. The third kappa shape index (κ3) is 6.76. The summed E-state index contributed by atoms with van der Waals surface area (Å²) >= 11 is 11.0. The molecule has 2 N–H and O–H groups in total. The molecule has 1 nitrogen and oxygen atoms in total. The molecule has 0 radical (unpaired) electrons. The highest BCUT2D eigenvalue weighted by atomic mass is 35.7. The van der Waals surface area contributed by atoms with E-state index in [0.29, 0.717) is 0 Å². The van der Waals surface area contributed by atoms with Crippen LogP contribution >= 0.6 is 22.2 Å². The highest BCUT2D eigenvalue weighted by Crippen LogP contribution is 2.13. The summed E-state index contributed by atoms with van der Waals surface area (Å²) in [6, 6.07) is 0.788. The lowest BCUT2D eigenvalue weighted by atomic mass is 10.6. The van der Waals surface area contributed by atoms with E-state index in [4.69, 9.17) is 27.6 Å². The van der Waals surface area contributed by atoms with Crippen LogP contribution in [0.5, 0.6) is 0 Å². The van der Waals surface area contributed by atoms with Gasteiger partial charge in [-0.3, -0.25) is 0 Å². The van der Waals surface area contributed by atoms with Crippen LogP contribution in [0.25, 0.3) is 0 Å². The number of hydrogen-bond acceptors (Lipinski definition) is 1. The first-order chi connectivity index (χ1) is 3.06. The van der Waals surface area contributed by atoms with Gasteiger partial charge in [-0.2, -0.15) is 0 Å². The minimum Gasteiger partial charge on any atom is -0.327 e. The van der Waals surface area contributed by atoms with Crippen LogP contribution in [0.3, 0.4) is 0 Å². The van der Waals surface area contributed by atoms with Gasteiger partial charge < -0.3 is 5.40 Å². The summed E-state index contributed by atoms with van der Waals surface area (Å²) < 4.78 is 0. The van der Waals surface area contributed by atoms with Gasteiger partial charge in [-0.15, -0.1) is 22.2 Å². The van der Waals surface area contributed by atoms with Crippen molar-refractivity contribution in [2.45, 2.75) is 19.4 Å². The fourth-order valence-corrected chi connectivity index (χ4v) is 2.13. The monoisotopic (exact) mass is 157 g/mol. The highest BCUT2D eigenvalue weighted by molar-refractivity contribution is 7.43. The molecule has 0 saturated heterocycles. The Labute approximate surface area is 54.3 Å². The number of rotatable bonds is 2. The Balaban J connectivity index is 3.15. The predicted octanol–water partition coefficient (Wildman–Crippen LogP) is 1.77. The maximum Gasteiger partial charge on any atom is 0.319 e. The van der Waals surface area contributed by atoms with Crippen molar-refractivity contribution in [3.05, 3.63) is 0 Å². The third-order valence-corrected chi connectivity index (χ3v) is 2.88. The van der Waals surface area contributed by atoms with Gasteiger partial charge in [-0.1, -0.05) is 13.3 Å². The van der Waals surface area contributed by atoms with Gasteiger partial charge in [-0.05, 0) is 6.04 Å². The van der Waals surface area contributed by atoms with Crippen LogP contribution < -0.4 is 5.40 Å². The lowest BCUT2D eigenvalue weighted by Gasteiger charge is -2.04. The van der Waals surface area contributed by atoms with Gasteiger partial charge in [-0.25, -0.2) is 0 Å². The van der Waals surface area contributed by atoms with E-state index in [1.807, 2.05) is 6.92 Å². The minimum atomic E-state index is -2.21. The van der Waals surface area contributed by atoms with Crippen LogP contribution in [-0.4, -0.2) is 6.86 Å². The minimum absolute atomic E-state index is 0.788. The SMILES string of the molecule is CCC[Si](N)(Cl)Cl. The maximum absolute atomic E-state index is 5.52. The van der Waals surface area contributed by atoms with Crippen molar-refractivity contribution in [2.75, 3.05) is 0 Å². The Morgan fingerprint density at radius 2 is 2.00 bits per heavy atom. The van der Waals surface area contributed by atoms with E-state index in [0.717, 1.165) is 12.5 Å². The molecule has 0 aliphatic heterocycles. The fourth-order valence-electron chi connectivity index (χ4n) is 0.333. The zero-order valence-corrected chi connectivity index (χ0v) is 6.76. The first kappa shape index (κ1) is 7.76. The summed E-state index contributed by atoms with van der Waals surface area (Å²) in [6.45, 7) is -0.200. The summed E-state index contributed by atoms with van der Waals surface area (Å²) in [5.74, 6) is 0. The molecule has 44 valence electrons. The Morgan fingerprint density at radius 3 is 2.00 bits per heavy atom. The Morgan fingerprint density at radius 1 is 1.57 bits per heavy atom. The summed E-state index contributed by atoms with van der Waals surface area (Å²) in [4.78, 5) is 0. The zero-order valence-electron chi connectivity index (χ0n) is 4.25. The molecule has 0 aromatic heterocycles. The first-order valence-corrected chi connectivity index (χ1v) is 6.54.